The summed E-state index contributed by atoms with van der Waals surface area (Å²) in [5.41, 5.74) is 0.144. The molecule has 3 fully saturated rings. The number of ether oxygens (including phenoxy) is 2. The standard InChI is InChI=1S/C13H23N3O3/c1-14-8-13(9-14)10-15(12(17)7-18-2)5-11-6-19-4-3-16(11)13/h11H,3-10H2,1-2H3/t11-/m1/s1. The van der Waals surface area contributed by atoms with Crippen LogP contribution in [0.15, 0.2) is 0 Å². The Bertz CT molecular complexity index is 357. The van der Waals surface area contributed by atoms with Crippen LogP contribution in [0.25, 0.3) is 0 Å². The van der Waals surface area contributed by atoms with E-state index in [1.54, 1.807) is 7.11 Å². The summed E-state index contributed by atoms with van der Waals surface area (Å²) >= 11 is 0. The number of methoxy groups -OCH3 is 1. The average Bonchev–Trinajstić information content (AvgIpc) is 2.37. The maximum absolute atomic E-state index is 12.1. The fourth-order valence-corrected chi connectivity index (χ4v) is 3.84. The summed E-state index contributed by atoms with van der Waals surface area (Å²) in [5, 5.41) is 0. The van der Waals surface area contributed by atoms with Crippen molar-refractivity contribution in [2.24, 2.45) is 0 Å². The van der Waals surface area contributed by atoms with Gasteiger partial charge in [-0.3, -0.25) is 9.69 Å². The number of likely N-dealkylation sites (tertiary alicyclic amines) is 1. The van der Waals surface area contributed by atoms with Gasteiger partial charge in [0.15, 0.2) is 0 Å². The molecule has 0 bridgehead atoms. The molecule has 0 N–H and O–H groups in total. The van der Waals surface area contributed by atoms with Gasteiger partial charge in [-0.25, -0.2) is 0 Å². The largest absolute Gasteiger partial charge is 0.378 e. The van der Waals surface area contributed by atoms with Crippen LogP contribution >= 0.6 is 0 Å². The first-order valence-electron chi connectivity index (χ1n) is 6.94. The van der Waals surface area contributed by atoms with Crippen molar-refractivity contribution in [1.29, 1.82) is 0 Å². The Morgan fingerprint density at radius 1 is 1.42 bits per heavy atom. The van der Waals surface area contributed by atoms with Gasteiger partial charge in [0.25, 0.3) is 0 Å². The molecule has 3 saturated heterocycles. The lowest BCUT2D eigenvalue weighted by atomic mass is 9.83. The first-order valence-corrected chi connectivity index (χ1v) is 6.94. The minimum atomic E-state index is 0.0988. The second-order valence-electron chi connectivity index (χ2n) is 6.03. The monoisotopic (exact) mass is 269 g/mol. The number of piperazine rings is 1. The van der Waals surface area contributed by atoms with Crippen molar-refractivity contribution < 1.29 is 14.3 Å². The molecule has 0 unspecified atom stereocenters. The van der Waals surface area contributed by atoms with Gasteiger partial charge in [0.1, 0.15) is 6.61 Å². The normalized spacial score (nSPS) is 31.1. The molecule has 0 aliphatic carbocycles. The van der Waals surface area contributed by atoms with Crippen LogP contribution in [0.2, 0.25) is 0 Å². The summed E-state index contributed by atoms with van der Waals surface area (Å²) in [5.74, 6) is 0.0988. The van der Waals surface area contributed by atoms with Crippen LogP contribution in [0.4, 0.5) is 0 Å². The van der Waals surface area contributed by atoms with Crippen molar-refractivity contribution in [3.63, 3.8) is 0 Å². The number of carbonyl (C=O) groups excluding carboxylic acids is 1. The summed E-state index contributed by atoms with van der Waals surface area (Å²) in [6.07, 6.45) is 0. The minimum Gasteiger partial charge on any atom is -0.378 e. The van der Waals surface area contributed by atoms with E-state index in [1.807, 2.05) is 4.90 Å². The highest BCUT2D eigenvalue weighted by molar-refractivity contribution is 5.77. The predicted octanol–water partition coefficient (Wildman–Crippen LogP) is -1.14. The Kier molecular flexibility index (Phi) is 3.51. The fraction of sp³-hybridized carbons (Fsp3) is 0.923. The molecule has 1 spiro atoms. The molecule has 3 aliphatic heterocycles. The SMILES string of the molecule is COCC(=O)N1C[C@@H]2COCCN2C2(CN(C)C2)C1. The molecule has 0 aromatic rings. The zero-order chi connectivity index (χ0) is 13.5. The number of hydrogen-bond donors (Lipinski definition) is 0. The smallest absolute Gasteiger partial charge is 0.248 e. The lowest BCUT2D eigenvalue weighted by molar-refractivity contribution is -0.173. The summed E-state index contributed by atoms with van der Waals surface area (Å²) in [6.45, 7) is 6.41. The van der Waals surface area contributed by atoms with Crippen molar-refractivity contribution >= 4 is 5.91 Å². The van der Waals surface area contributed by atoms with Gasteiger partial charge in [0.05, 0.1) is 24.8 Å². The quantitative estimate of drug-likeness (QED) is 0.634. The van der Waals surface area contributed by atoms with E-state index in [0.717, 1.165) is 45.9 Å². The molecule has 3 heterocycles. The number of rotatable bonds is 2. The zero-order valence-electron chi connectivity index (χ0n) is 11.8. The third-order valence-corrected chi connectivity index (χ3v) is 4.50. The molecule has 6 nitrogen and oxygen atoms in total. The lowest BCUT2D eigenvalue weighted by Crippen LogP contribution is -2.80. The summed E-state index contributed by atoms with van der Waals surface area (Å²) in [4.78, 5) is 19.0. The molecule has 1 atom stereocenters. The number of likely N-dealkylation sites (N-methyl/N-ethyl adjacent to an activating group) is 1. The maximum Gasteiger partial charge on any atom is 0.248 e. The van der Waals surface area contributed by atoms with E-state index in [4.69, 9.17) is 9.47 Å². The Labute approximate surface area is 114 Å². The van der Waals surface area contributed by atoms with E-state index in [-0.39, 0.29) is 18.1 Å². The van der Waals surface area contributed by atoms with Crippen LogP contribution in [0, 0.1) is 0 Å². The Balaban J connectivity index is 1.76. The molecule has 3 aliphatic rings. The number of carbonyl (C=O) groups is 1. The Morgan fingerprint density at radius 2 is 2.21 bits per heavy atom. The summed E-state index contributed by atoms with van der Waals surface area (Å²) in [7, 11) is 3.71. The van der Waals surface area contributed by atoms with Crippen molar-refractivity contribution in [3.8, 4) is 0 Å². The maximum atomic E-state index is 12.1. The van der Waals surface area contributed by atoms with Crippen molar-refractivity contribution in [2.75, 3.05) is 66.7 Å². The number of morpholine rings is 1. The van der Waals surface area contributed by atoms with Gasteiger partial charge in [-0.2, -0.15) is 0 Å². The lowest BCUT2D eigenvalue weighted by Gasteiger charge is -2.62. The molecule has 6 heteroatoms. The Morgan fingerprint density at radius 3 is 2.89 bits per heavy atom. The van der Waals surface area contributed by atoms with Crippen LogP contribution < -0.4 is 0 Å². The fourth-order valence-electron chi connectivity index (χ4n) is 3.84. The van der Waals surface area contributed by atoms with Gasteiger partial charge >= 0.3 is 0 Å². The average molecular weight is 269 g/mol. The number of nitrogens with zero attached hydrogens (tertiary/aromatic N) is 3. The summed E-state index contributed by atoms with van der Waals surface area (Å²) in [6, 6.07) is 0.344. The van der Waals surface area contributed by atoms with Gasteiger partial charge in [0, 0.05) is 39.8 Å². The second kappa shape index (κ2) is 5.01. The molecule has 0 aromatic heterocycles. The molecule has 1 amide bonds. The van der Waals surface area contributed by atoms with Gasteiger partial charge < -0.3 is 19.3 Å². The molecule has 19 heavy (non-hydrogen) atoms. The summed E-state index contributed by atoms with van der Waals surface area (Å²) < 4.78 is 10.6. The van der Waals surface area contributed by atoms with E-state index in [0.29, 0.717) is 6.04 Å². The van der Waals surface area contributed by atoms with E-state index < -0.39 is 0 Å². The third kappa shape index (κ3) is 2.27. The van der Waals surface area contributed by atoms with Crippen LogP contribution in [0.1, 0.15) is 0 Å². The van der Waals surface area contributed by atoms with Crippen LogP contribution in [-0.2, 0) is 14.3 Å². The highest BCUT2D eigenvalue weighted by Crippen LogP contribution is 2.34. The van der Waals surface area contributed by atoms with Crippen molar-refractivity contribution in [2.45, 2.75) is 11.6 Å². The second-order valence-corrected chi connectivity index (χ2v) is 6.03. The molecule has 108 valence electrons. The van der Waals surface area contributed by atoms with E-state index >= 15 is 0 Å². The highest BCUT2D eigenvalue weighted by atomic mass is 16.5. The van der Waals surface area contributed by atoms with Gasteiger partial charge in [-0.05, 0) is 7.05 Å². The molecule has 0 saturated carbocycles. The van der Waals surface area contributed by atoms with Gasteiger partial charge in [-0.1, -0.05) is 0 Å². The number of fused-ring (bicyclic) bond motifs is 2. The van der Waals surface area contributed by atoms with E-state index in [2.05, 4.69) is 16.8 Å². The molecular formula is C13H23N3O3. The van der Waals surface area contributed by atoms with Crippen LogP contribution in [0.3, 0.4) is 0 Å². The van der Waals surface area contributed by atoms with Gasteiger partial charge in [-0.15, -0.1) is 0 Å². The molecule has 0 aromatic carbocycles. The third-order valence-electron chi connectivity index (χ3n) is 4.50. The van der Waals surface area contributed by atoms with Crippen LogP contribution in [0.5, 0.6) is 0 Å². The van der Waals surface area contributed by atoms with Gasteiger partial charge in [0.2, 0.25) is 5.91 Å². The van der Waals surface area contributed by atoms with Crippen molar-refractivity contribution in [3.05, 3.63) is 0 Å². The van der Waals surface area contributed by atoms with E-state index in [9.17, 15) is 4.79 Å². The molecule has 3 rings (SSSR count). The number of amides is 1. The van der Waals surface area contributed by atoms with Crippen molar-refractivity contribution in [1.82, 2.24) is 14.7 Å². The topological polar surface area (TPSA) is 45.2 Å². The first kappa shape index (κ1) is 13.3. The van der Waals surface area contributed by atoms with Crippen LogP contribution in [-0.4, -0.2) is 98.9 Å². The zero-order valence-corrected chi connectivity index (χ0v) is 11.8. The molecule has 0 radical (unpaired) electrons. The Hall–Kier alpha value is -0.690. The highest BCUT2D eigenvalue weighted by Gasteiger charge is 2.53. The number of hydrogen-bond acceptors (Lipinski definition) is 5. The minimum absolute atomic E-state index is 0.0988. The molecular weight excluding hydrogens is 246 g/mol. The first-order chi connectivity index (χ1) is 9.14. The predicted molar refractivity (Wildman–Crippen MR) is 70.0 cm³/mol. The van der Waals surface area contributed by atoms with E-state index in [1.165, 1.54) is 0 Å².